The standard InChI is InChI=1S/C23H30N6O4/c1-16-13-18(29(32-3)23(31)26-21(30)17-5-4-6-17)7-8-20(16)33-19-14-24-22(25-15-19)28-11-9-27(2)10-12-28/h7-8,13-15,17H,4-6,9-12H2,1-3H3,(H,26,30,31). The molecule has 1 saturated heterocycles. The molecule has 2 aromatic rings. The van der Waals surface area contributed by atoms with E-state index in [4.69, 9.17) is 9.57 Å². The van der Waals surface area contributed by atoms with Gasteiger partial charge in [0.2, 0.25) is 11.9 Å². The van der Waals surface area contributed by atoms with Crippen LogP contribution in [0.3, 0.4) is 0 Å². The minimum Gasteiger partial charge on any atom is -0.454 e. The van der Waals surface area contributed by atoms with E-state index in [1.165, 1.54) is 7.11 Å². The quantitative estimate of drug-likeness (QED) is 0.665. The van der Waals surface area contributed by atoms with Gasteiger partial charge >= 0.3 is 6.03 Å². The van der Waals surface area contributed by atoms with Gasteiger partial charge in [0.15, 0.2) is 5.75 Å². The Morgan fingerprint density at radius 2 is 1.82 bits per heavy atom. The van der Waals surface area contributed by atoms with Crippen molar-refractivity contribution in [3.05, 3.63) is 36.2 Å². The summed E-state index contributed by atoms with van der Waals surface area (Å²) in [4.78, 5) is 43.2. The first kappa shape index (κ1) is 22.9. The maximum absolute atomic E-state index is 12.5. The Morgan fingerprint density at radius 1 is 1.12 bits per heavy atom. The molecule has 33 heavy (non-hydrogen) atoms. The maximum atomic E-state index is 12.5. The lowest BCUT2D eigenvalue weighted by Crippen LogP contribution is -2.46. The molecule has 176 valence electrons. The summed E-state index contributed by atoms with van der Waals surface area (Å²) in [5, 5.41) is 3.47. The number of anilines is 2. The summed E-state index contributed by atoms with van der Waals surface area (Å²) in [6.45, 7) is 5.63. The van der Waals surface area contributed by atoms with Gasteiger partial charge in [0.1, 0.15) is 5.75 Å². The van der Waals surface area contributed by atoms with Crippen LogP contribution >= 0.6 is 0 Å². The Labute approximate surface area is 193 Å². The monoisotopic (exact) mass is 454 g/mol. The van der Waals surface area contributed by atoms with Crippen LogP contribution in [0.25, 0.3) is 0 Å². The fraction of sp³-hybridized carbons (Fsp3) is 0.478. The molecule has 1 aliphatic carbocycles. The Morgan fingerprint density at radius 3 is 2.39 bits per heavy atom. The zero-order chi connectivity index (χ0) is 23.4. The van der Waals surface area contributed by atoms with Gasteiger partial charge in [-0.3, -0.25) is 14.9 Å². The van der Waals surface area contributed by atoms with Gasteiger partial charge in [-0.1, -0.05) is 6.42 Å². The van der Waals surface area contributed by atoms with Crippen molar-refractivity contribution in [1.29, 1.82) is 0 Å². The van der Waals surface area contributed by atoms with E-state index >= 15 is 0 Å². The molecule has 1 aromatic heterocycles. The summed E-state index contributed by atoms with van der Waals surface area (Å²) in [6.07, 6.45) is 5.98. The predicted octanol–water partition coefficient (Wildman–Crippen LogP) is 2.73. The molecule has 2 heterocycles. The third-order valence-corrected chi connectivity index (χ3v) is 6.09. The zero-order valence-electron chi connectivity index (χ0n) is 19.3. The largest absolute Gasteiger partial charge is 0.454 e. The average Bonchev–Trinajstić information content (AvgIpc) is 2.76. The van der Waals surface area contributed by atoms with Crippen LogP contribution in [0.15, 0.2) is 30.6 Å². The molecule has 2 fully saturated rings. The van der Waals surface area contributed by atoms with E-state index in [2.05, 4.69) is 32.1 Å². The molecule has 10 nitrogen and oxygen atoms in total. The van der Waals surface area contributed by atoms with E-state index in [-0.39, 0.29) is 11.8 Å². The highest BCUT2D eigenvalue weighted by atomic mass is 16.7. The maximum Gasteiger partial charge on any atom is 0.352 e. The number of benzene rings is 1. The third kappa shape index (κ3) is 5.40. The van der Waals surface area contributed by atoms with Crippen LogP contribution in [0, 0.1) is 12.8 Å². The van der Waals surface area contributed by atoms with Gasteiger partial charge in [0, 0.05) is 32.1 Å². The Bertz CT molecular complexity index is 987. The Balaban J connectivity index is 1.39. The number of nitrogens with one attached hydrogen (secondary N) is 1. The number of amides is 3. The van der Waals surface area contributed by atoms with Crippen LogP contribution in [-0.2, 0) is 9.63 Å². The van der Waals surface area contributed by atoms with E-state index < -0.39 is 6.03 Å². The molecule has 1 aliphatic heterocycles. The number of aryl methyl sites for hydroxylation is 1. The number of hydroxylamine groups is 1. The molecule has 0 bridgehead atoms. The number of piperazine rings is 1. The summed E-state index contributed by atoms with van der Waals surface area (Å²) >= 11 is 0. The molecular formula is C23H30N6O4. The first-order valence-electron chi connectivity index (χ1n) is 11.2. The molecule has 0 radical (unpaired) electrons. The van der Waals surface area contributed by atoms with E-state index in [0.717, 1.165) is 56.1 Å². The summed E-state index contributed by atoms with van der Waals surface area (Å²) in [7, 11) is 3.49. The fourth-order valence-electron chi connectivity index (χ4n) is 3.77. The Hall–Kier alpha value is -3.24. The minimum atomic E-state index is -0.615. The topological polar surface area (TPSA) is 100 Å². The van der Waals surface area contributed by atoms with Crippen molar-refractivity contribution in [2.24, 2.45) is 5.92 Å². The molecule has 0 spiro atoms. The minimum absolute atomic E-state index is 0.0879. The molecule has 2 aliphatic rings. The van der Waals surface area contributed by atoms with Crippen molar-refractivity contribution in [3.8, 4) is 11.5 Å². The number of carbonyl (C=O) groups excluding carboxylic acids is 2. The molecule has 0 unspecified atom stereocenters. The smallest absolute Gasteiger partial charge is 0.352 e. The normalized spacial score (nSPS) is 16.8. The van der Waals surface area contributed by atoms with Crippen molar-refractivity contribution in [2.75, 3.05) is 50.3 Å². The number of hydrogen-bond donors (Lipinski definition) is 1. The first-order valence-corrected chi connectivity index (χ1v) is 11.2. The lowest BCUT2D eigenvalue weighted by atomic mass is 9.85. The number of aromatic nitrogens is 2. The lowest BCUT2D eigenvalue weighted by Gasteiger charge is -2.32. The highest BCUT2D eigenvalue weighted by molar-refractivity contribution is 6.02. The second-order valence-corrected chi connectivity index (χ2v) is 8.46. The van der Waals surface area contributed by atoms with Crippen molar-refractivity contribution in [2.45, 2.75) is 26.2 Å². The first-order chi connectivity index (χ1) is 15.9. The van der Waals surface area contributed by atoms with Gasteiger partial charge < -0.3 is 14.5 Å². The van der Waals surface area contributed by atoms with E-state index in [1.807, 2.05) is 6.92 Å². The number of hydrogen-bond acceptors (Lipinski definition) is 8. The zero-order valence-corrected chi connectivity index (χ0v) is 19.3. The van der Waals surface area contributed by atoms with E-state index in [1.54, 1.807) is 30.6 Å². The van der Waals surface area contributed by atoms with Crippen LogP contribution in [0.5, 0.6) is 11.5 Å². The SMILES string of the molecule is CON(C(=O)NC(=O)C1CCC1)c1ccc(Oc2cnc(N3CCN(C)CC3)nc2)c(C)c1. The van der Waals surface area contributed by atoms with Gasteiger partial charge in [-0.2, -0.15) is 5.06 Å². The van der Waals surface area contributed by atoms with Crippen molar-refractivity contribution in [3.63, 3.8) is 0 Å². The molecule has 10 heteroatoms. The van der Waals surface area contributed by atoms with E-state index in [0.29, 0.717) is 23.1 Å². The molecule has 3 amide bonds. The second kappa shape index (κ2) is 10.1. The highest BCUT2D eigenvalue weighted by Crippen LogP contribution is 2.29. The number of imide groups is 1. The predicted molar refractivity (Wildman–Crippen MR) is 123 cm³/mol. The summed E-state index contributed by atoms with van der Waals surface area (Å²) in [5.41, 5.74) is 1.28. The van der Waals surface area contributed by atoms with Gasteiger partial charge in [-0.15, -0.1) is 0 Å². The van der Waals surface area contributed by atoms with Gasteiger partial charge in [0.25, 0.3) is 0 Å². The average molecular weight is 455 g/mol. The number of carbonyl (C=O) groups is 2. The fourth-order valence-corrected chi connectivity index (χ4v) is 3.77. The van der Waals surface area contributed by atoms with Crippen LogP contribution in [0.1, 0.15) is 24.8 Å². The van der Waals surface area contributed by atoms with Crippen LogP contribution in [0.2, 0.25) is 0 Å². The van der Waals surface area contributed by atoms with Crippen molar-refractivity contribution >= 4 is 23.6 Å². The number of urea groups is 1. The summed E-state index contributed by atoms with van der Waals surface area (Å²) in [5.74, 6) is 1.48. The van der Waals surface area contributed by atoms with Crippen molar-refractivity contribution in [1.82, 2.24) is 20.2 Å². The van der Waals surface area contributed by atoms with E-state index in [9.17, 15) is 9.59 Å². The molecule has 1 N–H and O–H groups in total. The van der Waals surface area contributed by atoms with Crippen LogP contribution in [0.4, 0.5) is 16.4 Å². The summed E-state index contributed by atoms with van der Waals surface area (Å²) < 4.78 is 5.95. The van der Waals surface area contributed by atoms with Crippen molar-refractivity contribution < 1.29 is 19.2 Å². The van der Waals surface area contributed by atoms with Gasteiger partial charge in [-0.05, 0) is 50.6 Å². The van der Waals surface area contributed by atoms with Gasteiger partial charge in [0.05, 0.1) is 25.2 Å². The lowest BCUT2D eigenvalue weighted by molar-refractivity contribution is -0.126. The van der Waals surface area contributed by atoms with Crippen LogP contribution < -0.4 is 20.0 Å². The number of rotatable bonds is 6. The molecule has 0 atom stereocenters. The number of ether oxygens (including phenoxy) is 1. The molecule has 1 saturated carbocycles. The van der Waals surface area contributed by atoms with Gasteiger partial charge in [-0.25, -0.2) is 14.8 Å². The molecule has 1 aromatic carbocycles. The van der Waals surface area contributed by atoms with Crippen LogP contribution in [-0.4, -0.2) is 67.1 Å². The number of nitrogens with zero attached hydrogens (tertiary/aromatic N) is 5. The Kier molecular flexibility index (Phi) is 7.05. The summed E-state index contributed by atoms with van der Waals surface area (Å²) in [6, 6.07) is 4.58. The molecule has 4 rings (SSSR count). The highest BCUT2D eigenvalue weighted by Gasteiger charge is 2.28. The second-order valence-electron chi connectivity index (χ2n) is 8.46. The third-order valence-electron chi connectivity index (χ3n) is 6.09. The molecular weight excluding hydrogens is 424 g/mol. The number of likely N-dealkylation sites (N-methyl/N-ethyl adjacent to an activating group) is 1.